The molecule has 0 fully saturated rings. The topological polar surface area (TPSA) is 18.0 Å². The molecule has 24 heavy (non-hydrogen) atoms. The zero-order chi connectivity index (χ0) is 16.9. The molecule has 0 amide bonds. The summed E-state index contributed by atoms with van der Waals surface area (Å²) >= 11 is 5.29. The summed E-state index contributed by atoms with van der Waals surface area (Å²) in [5.74, 6) is 1.25. The standard InChI is InChI=1S/C18H20BrIN2OS/c1-14-21(2)9-10-22(14)11-12-23-13-17-7-8-18(24-17)20-16-5-3-15(19)4-6-16/h3-10H,11-13H2,1-2H3/q+2. The predicted molar refractivity (Wildman–Crippen MR) is 95.9 cm³/mol. The van der Waals surface area contributed by atoms with Crippen molar-refractivity contribution in [3.05, 3.63) is 70.4 Å². The number of hydrogen-bond acceptors (Lipinski definition) is 2. The van der Waals surface area contributed by atoms with Gasteiger partial charge in [0.2, 0.25) is 2.88 Å². The van der Waals surface area contributed by atoms with Crippen LogP contribution < -0.4 is 25.8 Å². The minimum absolute atomic E-state index is 0.0861. The molecule has 2 heterocycles. The Hall–Kier alpha value is -0.700. The second kappa shape index (κ2) is 8.60. The summed E-state index contributed by atoms with van der Waals surface area (Å²) in [7, 11) is 2.06. The molecule has 0 bridgehead atoms. The Labute approximate surface area is 165 Å². The predicted octanol–water partition coefficient (Wildman–Crippen LogP) is 0.790. The largest absolute Gasteiger partial charge is 0.372 e. The molecule has 3 nitrogen and oxygen atoms in total. The van der Waals surface area contributed by atoms with Gasteiger partial charge in [-0.25, -0.2) is 9.13 Å². The number of imidazole rings is 1. The van der Waals surface area contributed by atoms with E-state index in [0.717, 1.165) is 17.6 Å². The molecule has 0 spiro atoms. The van der Waals surface area contributed by atoms with Crippen LogP contribution in [0, 0.1) is 13.4 Å². The fraction of sp³-hybridized carbons (Fsp3) is 0.278. The van der Waals surface area contributed by atoms with E-state index < -0.39 is 0 Å². The first-order valence-corrected chi connectivity index (χ1v) is 11.5. The summed E-state index contributed by atoms with van der Waals surface area (Å²) in [6, 6.07) is 13.1. The van der Waals surface area contributed by atoms with Gasteiger partial charge >= 0.3 is 21.2 Å². The number of thiophene rings is 1. The van der Waals surface area contributed by atoms with Crippen molar-refractivity contribution in [2.45, 2.75) is 20.1 Å². The van der Waals surface area contributed by atoms with Gasteiger partial charge in [0.05, 0.1) is 20.3 Å². The molecule has 0 saturated heterocycles. The van der Waals surface area contributed by atoms with Crippen LogP contribution in [0.2, 0.25) is 0 Å². The van der Waals surface area contributed by atoms with Gasteiger partial charge in [-0.1, -0.05) is 27.3 Å². The maximum Gasteiger partial charge on any atom is 0.369 e. The number of aromatic nitrogens is 2. The van der Waals surface area contributed by atoms with Gasteiger partial charge in [-0.3, -0.25) is 0 Å². The SMILES string of the molecule is Cc1n(CCOCc2ccc([I+]c3ccc(Br)cc3)s2)cc[n+]1C. The highest BCUT2D eigenvalue weighted by Crippen LogP contribution is 2.11. The van der Waals surface area contributed by atoms with Crippen molar-refractivity contribution in [3.8, 4) is 0 Å². The van der Waals surface area contributed by atoms with Crippen LogP contribution in [0.4, 0.5) is 0 Å². The molecule has 0 aliphatic rings. The molecule has 0 saturated carbocycles. The minimum atomic E-state index is -0.0861. The third-order valence-corrected chi connectivity index (χ3v) is 8.54. The highest BCUT2D eigenvalue weighted by atomic mass is 127. The zero-order valence-corrected chi connectivity index (χ0v) is 18.3. The molecule has 6 heteroatoms. The van der Waals surface area contributed by atoms with Crippen molar-refractivity contribution in [2.75, 3.05) is 6.61 Å². The summed E-state index contributed by atoms with van der Waals surface area (Å²) in [4.78, 5) is 1.32. The third kappa shape index (κ3) is 4.91. The molecule has 0 N–H and O–H groups in total. The monoisotopic (exact) mass is 518 g/mol. The molecule has 0 atom stereocenters. The van der Waals surface area contributed by atoms with Gasteiger partial charge in [-0.15, -0.1) is 0 Å². The van der Waals surface area contributed by atoms with Crippen molar-refractivity contribution in [2.24, 2.45) is 7.05 Å². The van der Waals surface area contributed by atoms with E-state index in [1.54, 1.807) is 0 Å². The van der Waals surface area contributed by atoms with E-state index in [-0.39, 0.29) is 21.2 Å². The number of benzene rings is 1. The van der Waals surface area contributed by atoms with Crippen LogP contribution in [0.3, 0.4) is 0 Å². The van der Waals surface area contributed by atoms with E-state index >= 15 is 0 Å². The molecule has 0 aliphatic carbocycles. The first kappa shape index (κ1) is 18.1. The van der Waals surface area contributed by atoms with E-state index in [1.165, 1.54) is 17.2 Å². The Balaban J connectivity index is 1.46. The molecule has 2 aromatic heterocycles. The Kier molecular flexibility index (Phi) is 6.49. The molecule has 0 aliphatic heterocycles. The average molecular weight is 519 g/mol. The normalized spacial score (nSPS) is 11.1. The number of ether oxygens (including phenoxy) is 1. The lowest BCUT2D eigenvalue weighted by Gasteiger charge is -2.01. The fourth-order valence-electron chi connectivity index (χ4n) is 2.25. The van der Waals surface area contributed by atoms with Gasteiger partial charge < -0.3 is 4.74 Å². The third-order valence-electron chi connectivity index (χ3n) is 3.75. The molecule has 0 unspecified atom stereocenters. The van der Waals surface area contributed by atoms with Crippen molar-refractivity contribution in [1.82, 2.24) is 4.57 Å². The van der Waals surface area contributed by atoms with Crippen molar-refractivity contribution in [1.29, 1.82) is 0 Å². The van der Waals surface area contributed by atoms with Gasteiger partial charge in [0.25, 0.3) is 5.82 Å². The number of nitrogens with zero attached hydrogens (tertiary/aromatic N) is 2. The van der Waals surface area contributed by atoms with Gasteiger partial charge in [-0.05, 0) is 30.3 Å². The van der Waals surface area contributed by atoms with E-state index in [4.69, 9.17) is 4.74 Å². The van der Waals surface area contributed by atoms with Crippen LogP contribution in [-0.2, 0) is 24.9 Å². The molecule has 3 rings (SSSR count). The Morgan fingerprint density at radius 3 is 2.71 bits per heavy atom. The Bertz CT molecular complexity index is 798. The maximum atomic E-state index is 5.85. The van der Waals surface area contributed by atoms with Gasteiger partial charge in [0, 0.05) is 22.3 Å². The van der Waals surface area contributed by atoms with Gasteiger partial charge in [-0.2, -0.15) is 0 Å². The fourth-order valence-corrected chi connectivity index (χ4v) is 6.69. The van der Waals surface area contributed by atoms with Crippen molar-refractivity contribution < 1.29 is 30.5 Å². The smallest absolute Gasteiger partial charge is 0.369 e. The second-order valence-corrected chi connectivity index (χ2v) is 11.2. The Morgan fingerprint density at radius 2 is 2.00 bits per heavy atom. The van der Waals surface area contributed by atoms with Crippen LogP contribution in [-0.4, -0.2) is 11.2 Å². The van der Waals surface area contributed by atoms with Gasteiger partial charge in [0.15, 0.2) is 3.57 Å². The number of hydrogen-bond donors (Lipinski definition) is 0. The number of aryl methyl sites for hydroxylation is 1. The summed E-state index contributed by atoms with van der Waals surface area (Å²) in [5.41, 5.74) is 0. The van der Waals surface area contributed by atoms with Crippen LogP contribution in [0.5, 0.6) is 0 Å². The first-order valence-electron chi connectivity index (χ1n) is 7.70. The van der Waals surface area contributed by atoms with E-state index in [1.807, 2.05) is 11.3 Å². The van der Waals surface area contributed by atoms with E-state index in [0.29, 0.717) is 6.61 Å². The lowest BCUT2D eigenvalue weighted by molar-refractivity contribution is -0.677. The summed E-state index contributed by atoms with van der Waals surface area (Å²) < 4.78 is 14.3. The molecule has 1 aromatic carbocycles. The second-order valence-electron chi connectivity index (χ2n) is 5.44. The van der Waals surface area contributed by atoms with Crippen LogP contribution in [0.1, 0.15) is 10.7 Å². The maximum absolute atomic E-state index is 5.85. The average Bonchev–Trinajstić information content (AvgIpc) is 3.15. The van der Waals surface area contributed by atoms with Crippen LogP contribution in [0.15, 0.2) is 53.3 Å². The minimum Gasteiger partial charge on any atom is -0.372 e. The number of halogens is 2. The van der Waals surface area contributed by atoms with E-state index in [9.17, 15) is 0 Å². The summed E-state index contributed by atoms with van der Waals surface area (Å²) in [5, 5.41) is 0. The quantitative estimate of drug-likeness (QED) is 0.257. The molecular formula is C18H20BrIN2OS+2. The zero-order valence-electron chi connectivity index (χ0n) is 13.7. The summed E-state index contributed by atoms with van der Waals surface area (Å²) in [6.45, 7) is 4.47. The van der Waals surface area contributed by atoms with Crippen LogP contribution in [0.25, 0.3) is 0 Å². The Morgan fingerprint density at radius 1 is 1.21 bits per heavy atom. The molecule has 0 radical (unpaired) electrons. The van der Waals surface area contributed by atoms with Crippen molar-refractivity contribution >= 4 is 27.3 Å². The van der Waals surface area contributed by atoms with Crippen LogP contribution >= 0.6 is 27.3 Å². The van der Waals surface area contributed by atoms with Crippen molar-refractivity contribution in [3.63, 3.8) is 0 Å². The van der Waals surface area contributed by atoms with Gasteiger partial charge in [0.1, 0.15) is 18.9 Å². The highest BCUT2D eigenvalue weighted by Gasteiger charge is 2.18. The first-order chi connectivity index (χ1) is 11.6. The number of rotatable bonds is 7. The molecule has 126 valence electrons. The lowest BCUT2D eigenvalue weighted by Crippen LogP contribution is -3.61. The molecule has 3 aromatic rings. The summed E-state index contributed by atoms with van der Waals surface area (Å²) in [6.07, 6.45) is 4.18. The van der Waals surface area contributed by atoms with E-state index in [2.05, 4.69) is 87.8 Å². The lowest BCUT2D eigenvalue weighted by atomic mass is 10.4. The highest BCUT2D eigenvalue weighted by molar-refractivity contribution is 9.10. The molecular weight excluding hydrogens is 499 g/mol.